The van der Waals surface area contributed by atoms with E-state index in [0.717, 1.165) is 92.8 Å². The Labute approximate surface area is 516 Å². The molecule has 87 heavy (non-hydrogen) atoms. The summed E-state index contributed by atoms with van der Waals surface area (Å²) in [6.45, 7) is 15.3. The Balaban J connectivity index is 0.535. The maximum Gasteiger partial charge on any atom is 0.264 e. The Bertz CT molecular complexity index is 3020. The van der Waals surface area contributed by atoms with E-state index in [0.29, 0.717) is 58.8 Å². The summed E-state index contributed by atoms with van der Waals surface area (Å²) in [5, 5.41) is 35.4. The molecule has 19 heteroatoms. The van der Waals surface area contributed by atoms with Gasteiger partial charge in [-0.15, -0.1) is 0 Å². The van der Waals surface area contributed by atoms with E-state index in [1.807, 2.05) is 0 Å². The van der Waals surface area contributed by atoms with Crippen LogP contribution in [0.1, 0.15) is 240 Å². The molecule has 1 saturated carbocycles. The lowest BCUT2D eigenvalue weighted by Crippen LogP contribution is -2.54. The number of hydrogen-bond acceptors (Lipinski definition) is 15. The fourth-order valence-electron chi connectivity index (χ4n) is 13.4. The molecule has 3 aliphatic heterocycles. The molecule has 2 saturated heterocycles. The minimum atomic E-state index is -1.12. The number of anilines is 2. The van der Waals surface area contributed by atoms with E-state index >= 15 is 0 Å². The molecule has 6 heterocycles. The summed E-state index contributed by atoms with van der Waals surface area (Å²) < 4.78 is 8.23. The first kappa shape index (κ1) is 65.6. The van der Waals surface area contributed by atoms with Crippen LogP contribution in [-0.4, -0.2) is 142 Å². The summed E-state index contributed by atoms with van der Waals surface area (Å²) in [6, 6.07) is 11.4. The van der Waals surface area contributed by atoms with Crippen molar-refractivity contribution in [3.63, 3.8) is 0 Å². The number of imidazole rings is 2. The molecule has 4 aliphatic rings. The van der Waals surface area contributed by atoms with Crippen molar-refractivity contribution in [2.24, 2.45) is 5.92 Å². The van der Waals surface area contributed by atoms with Gasteiger partial charge in [0.2, 0.25) is 11.8 Å². The summed E-state index contributed by atoms with van der Waals surface area (Å²) in [4.78, 5) is 76.1. The van der Waals surface area contributed by atoms with Crippen molar-refractivity contribution >= 4 is 57.3 Å². The zero-order valence-corrected chi connectivity index (χ0v) is 52.9. The quantitative estimate of drug-likeness (QED) is 0.0144. The first-order chi connectivity index (χ1) is 42.2. The first-order valence-corrected chi connectivity index (χ1v) is 33.6. The summed E-state index contributed by atoms with van der Waals surface area (Å²) in [5.74, 6) is 0.409. The molecule has 7 N–H and O–H groups in total. The van der Waals surface area contributed by atoms with Crippen LogP contribution >= 0.6 is 0 Å². The highest BCUT2D eigenvalue weighted by Gasteiger charge is 2.48. The van der Waals surface area contributed by atoms with Crippen LogP contribution < -0.4 is 21.3 Å². The van der Waals surface area contributed by atoms with Crippen LogP contribution in [0, 0.1) is 5.92 Å². The lowest BCUT2D eigenvalue weighted by atomic mass is 9.76. The van der Waals surface area contributed by atoms with Gasteiger partial charge in [0.25, 0.3) is 11.8 Å². The van der Waals surface area contributed by atoms with Crippen LogP contribution in [0.3, 0.4) is 0 Å². The molecule has 0 spiro atoms. The molecular weight excluding hydrogens is 1100 g/mol. The second-order valence-electron chi connectivity index (χ2n) is 26.8. The normalized spacial score (nSPS) is 21.5. The maximum absolute atomic E-state index is 13.3. The largest absolute Gasteiger partial charge is 0.387 e. The van der Waals surface area contributed by atoms with Crippen molar-refractivity contribution in [2.45, 2.75) is 256 Å². The molecule has 3 aromatic heterocycles. The number of aromatic nitrogens is 6. The molecule has 1 aliphatic carbocycles. The van der Waals surface area contributed by atoms with Gasteiger partial charge in [0.15, 0.2) is 23.2 Å². The molecule has 9 rings (SSSR count). The smallest absolute Gasteiger partial charge is 0.264 e. The van der Waals surface area contributed by atoms with Crippen molar-refractivity contribution < 1.29 is 34.1 Å². The van der Waals surface area contributed by atoms with Crippen LogP contribution in [0.15, 0.2) is 49.1 Å². The number of aliphatic hydroxyl groups is 2. The molecule has 0 bridgehead atoms. The van der Waals surface area contributed by atoms with E-state index in [-0.39, 0.29) is 30.2 Å². The van der Waals surface area contributed by atoms with Gasteiger partial charge in [-0.2, -0.15) is 0 Å². The zero-order valence-electron chi connectivity index (χ0n) is 52.9. The average Bonchev–Trinajstić information content (AvgIpc) is 1.83. The van der Waals surface area contributed by atoms with E-state index in [2.05, 4.69) is 98.9 Å². The lowest BCUT2D eigenvalue weighted by Gasteiger charge is -2.46. The molecule has 2 aromatic carbocycles. The lowest BCUT2D eigenvalue weighted by molar-refractivity contribution is -0.136. The number of benzene rings is 2. The number of nitrogens with one attached hydrogen (secondary N) is 5. The molecule has 4 amide bonds. The number of carbonyl (C=O) groups is 4. The van der Waals surface area contributed by atoms with Crippen LogP contribution in [0.5, 0.6) is 0 Å². The van der Waals surface area contributed by atoms with E-state index in [9.17, 15) is 29.4 Å². The molecular formula is C68H102N12O7. The number of rotatable bonds is 38. The van der Waals surface area contributed by atoms with Crippen LogP contribution in [0.4, 0.5) is 11.5 Å². The summed E-state index contributed by atoms with van der Waals surface area (Å²) in [6.07, 6.45) is 30.4. The van der Waals surface area contributed by atoms with Gasteiger partial charge in [0.1, 0.15) is 36.5 Å². The summed E-state index contributed by atoms with van der Waals surface area (Å²) in [7, 11) is 0. The predicted octanol–water partition coefficient (Wildman–Crippen LogP) is 11.4. The Morgan fingerprint density at radius 2 is 1.36 bits per heavy atom. The third kappa shape index (κ3) is 17.5. The van der Waals surface area contributed by atoms with Crippen molar-refractivity contribution in [1.29, 1.82) is 0 Å². The van der Waals surface area contributed by atoms with Gasteiger partial charge in [-0.3, -0.25) is 38.9 Å². The van der Waals surface area contributed by atoms with Crippen molar-refractivity contribution in [2.75, 3.05) is 43.4 Å². The third-order valence-electron chi connectivity index (χ3n) is 18.8. The number of piperidine rings is 1. The second-order valence-corrected chi connectivity index (χ2v) is 26.8. The Kier molecular flexibility index (Phi) is 24.2. The number of ether oxygens (including phenoxy) is 1. The van der Waals surface area contributed by atoms with Gasteiger partial charge in [0.05, 0.1) is 28.5 Å². The van der Waals surface area contributed by atoms with E-state index in [4.69, 9.17) is 9.72 Å². The molecule has 2 unspecified atom stereocenters. The highest BCUT2D eigenvalue weighted by Crippen LogP contribution is 2.39. The number of hydrogen-bond donors (Lipinski definition) is 7. The van der Waals surface area contributed by atoms with Gasteiger partial charge in [-0.25, -0.2) is 19.9 Å². The Morgan fingerprint density at radius 1 is 0.736 bits per heavy atom. The number of H-pyrrole nitrogens is 1. The SMILES string of the molecule is CC(C)N(C[C@H]1O[C@@H](n2cnc3c(NCCCCCCCCCCCCCCCCCNCCCCCCCCNc4cccc5c4C(=O)N(C4CCC(=O)NC4=O)C5=O)ncnc32)[C@@H](O)C1O)C1CC(CCc2nc3ccc(C(C)(C)C)cc3[nH]2)C1. The zero-order chi connectivity index (χ0) is 61.3. The minimum Gasteiger partial charge on any atom is -0.387 e. The number of fused-ring (bicyclic) bond motifs is 3. The summed E-state index contributed by atoms with van der Waals surface area (Å²) in [5.41, 5.74) is 5.98. The van der Waals surface area contributed by atoms with Gasteiger partial charge < -0.3 is 35.9 Å². The predicted molar refractivity (Wildman–Crippen MR) is 343 cm³/mol. The Hall–Kier alpha value is -5.86. The minimum absolute atomic E-state index is 0.0949. The van der Waals surface area contributed by atoms with Gasteiger partial charge in [0, 0.05) is 50.2 Å². The van der Waals surface area contributed by atoms with Crippen LogP contribution in [0.2, 0.25) is 0 Å². The second kappa shape index (κ2) is 32.1. The number of aryl methyl sites for hydroxylation is 1. The van der Waals surface area contributed by atoms with Crippen LogP contribution in [0.25, 0.3) is 22.2 Å². The number of carbonyl (C=O) groups excluding carboxylic acids is 4. The van der Waals surface area contributed by atoms with Gasteiger partial charge >= 0.3 is 0 Å². The highest BCUT2D eigenvalue weighted by molar-refractivity contribution is 6.25. The topological polar surface area (TPSA) is 245 Å². The number of imide groups is 2. The van der Waals surface area contributed by atoms with Crippen molar-refractivity contribution in [3.8, 4) is 0 Å². The van der Waals surface area contributed by atoms with Crippen molar-refractivity contribution in [3.05, 3.63) is 71.6 Å². The van der Waals surface area contributed by atoms with Crippen molar-refractivity contribution in [1.82, 2.24) is 49.9 Å². The van der Waals surface area contributed by atoms with Gasteiger partial charge in [-0.1, -0.05) is 142 Å². The number of amides is 4. The van der Waals surface area contributed by atoms with E-state index in [1.54, 1.807) is 29.1 Å². The Morgan fingerprint density at radius 3 is 1.98 bits per heavy atom. The fraction of sp³-hybridized carbons (Fsp3) is 0.676. The molecule has 0 radical (unpaired) electrons. The molecule has 19 nitrogen and oxygen atoms in total. The first-order valence-electron chi connectivity index (χ1n) is 33.6. The number of unbranched alkanes of at least 4 members (excludes halogenated alkanes) is 19. The number of aromatic amines is 1. The average molecular weight is 1200 g/mol. The fourth-order valence-corrected chi connectivity index (χ4v) is 13.4. The van der Waals surface area contributed by atoms with E-state index in [1.165, 1.54) is 121 Å². The third-order valence-corrected chi connectivity index (χ3v) is 18.8. The van der Waals surface area contributed by atoms with Gasteiger partial charge in [-0.05, 0) is 119 Å². The van der Waals surface area contributed by atoms with E-state index < -0.39 is 48.3 Å². The highest BCUT2D eigenvalue weighted by atomic mass is 16.6. The monoisotopic (exact) mass is 1200 g/mol. The van der Waals surface area contributed by atoms with Crippen LogP contribution in [-0.2, 0) is 26.2 Å². The summed E-state index contributed by atoms with van der Waals surface area (Å²) >= 11 is 0. The molecule has 3 fully saturated rings. The molecule has 476 valence electrons. The molecule has 5 atom stereocenters. The standard InChI is InChI=1S/C68H102N12O7/c1-46(2)78(49-40-47(41-49)30-34-56-75-51-32-31-48(68(3,4)5)42-53(51)76-56)43-55-60(82)61(83)67(87-55)79-45-74-59-62(72-44-73-63(59)79)71-39-26-22-16-14-12-10-8-6-7-9-11-13-15-19-23-36-69-37-24-20-17-18-21-25-38-70-52-29-27-28-50-58(52)66(86)80(65(50)85)54-33-35-57(81)77-64(54)84/h27-29,31-32,42,44-47,49,54-55,60-61,67,69-70,82-83H,6-26,30,33-41,43H2,1-5H3,(H,75,76)(H,71,72,73)(H,77,81,84)/t47?,49?,54?,55-,60?,61+,67-/m1/s1. The maximum atomic E-state index is 13.3. The number of aliphatic hydroxyl groups excluding tert-OH is 2. The molecule has 5 aromatic rings. The number of nitrogens with zero attached hydrogens (tertiary/aromatic N) is 7.